The molecule has 6 heteroatoms. The molecule has 1 saturated heterocycles. The number of nitrogens with one attached hydrogen (secondary N) is 1. The number of esters is 1. The molecule has 3 rings (SSSR count). The highest BCUT2D eigenvalue weighted by atomic mass is 32.2. The molecule has 0 atom stereocenters. The first kappa shape index (κ1) is 19.8. The van der Waals surface area contributed by atoms with Gasteiger partial charge in [0, 0.05) is 18.1 Å². The van der Waals surface area contributed by atoms with Crippen LogP contribution in [0.3, 0.4) is 0 Å². The summed E-state index contributed by atoms with van der Waals surface area (Å²) in [5.41, 5.74) is 4.09. The van der Waals surface area contributed by atoms with Crippen LogP contribution in [-0.4, -0.2) is 36.5 Å². The third kappa shape index (κ3) is 5.78. The summed E-state index contributed by atoms with van der Waals surface area (Å²) in [5, 5.41) is 2.79. The van der Waals surface area contributed by atoms with Crippen LogP contribution >= 0.6 is 23.5 Å². The van der Waals surface area contributed by atoms with Crippen molar-refractivity contribution in [1.29, 1.82) is 0 Å². The van der Waals surface area contributed by atoms with Crippen LogP contribution in [0.1, 0.15) is 31.6 Å². The highest BCUT2D eigenvalue weighted by molar-refractivity contribution is 8.19. The van der Waals surface area contributed by atoms with Gasteiger partial charge in [-0.3, -0.25) is 4.79 Å². The normalized spacial score (nSPS) is 14.1. The first-order valence-corrected chi connectivity index (χ1v) is 11.0. The number of rotatable bonds is 7. The van der Waals surface area contributed by atoms with Gasteiger partial charge in [0.2, 0.25) is 0 Å². The van der Waals surface area contributed by atoms with Gasteiger partial charge >= 0.3 is 5.97 Å². The van der Waals surface area contributed by atoms with E-state index in [0.717, 1.165) is 17.9 Å². The molecule has 2 aromatic carbocycles. The summed E-state index contributed by atoms with van der Waals surface area (Å²) in [6.45, 7) is 2.31. The summed E-state index contributed by atoms with van der Waals surface area (Å²) in [5.74, 6) is 1.57. The molecule has 1 amide bonds. The highest BCUT2D eigenvalue weighted by Crippen LogP contribution is 2.45. The first-order chi connectivity index (χ1) is 13.1. The molecule has 27 heavy (non-hydrogen) atoms. The van der Waals surface area contributed by atoms with E-state index in [1.165, 1.54) is 16.7 Å². The first-order valence-electron chi connectivity index (χ1n) is 8.95. The molecule has 0 aromatic heterocycles. The zero-order valence-electron chi connectivity index (χ0n) is 15.3. The molecule has 0 bridgehead atoms. The van der Waals surface area contributed by atoms with Crippen LogP contribution in [0.4, 0.5) is 0 Å². The molecule has 0 saturated carbocycles. The second-order valence-corrected chi connectivity index (χ2v) is 9.02. The van der Waals surface area contributed by atoms with Gasteiger partial charge in [0.05, 0.1) is 10.1 Å². The maximum absolute atomic E-state index is 12.1. The Morgan fingerprint density at radius 3 is 2.48 bits per heavy atom. The summed E-state index contributed by atoms with van der Waals surface area (Å²) < 4.78 is 5.57. The predicted octanol–water partition coefficient (Wildman–Crippen LogP) is 3.99. The van der Waals surface area contributed by atoms with E-state index >= 15 is 0 Å². The molecule has 142 valence electrons. The van der Waals surface area contributed by atoms with E-state index < -0.39 is 5.97 Å². The molecule has 1 N–H and O–H groups in total. The van der Waals surface area contributed by atoms with Crippen LogP contribution in [0.5, 0.6) is 0 Å². The molecule has 0 radical (unpaired) electrons. The molecule has 0 spiro atoms. The number of carbonyl (C=O) groups excluding carboxylic acids is 2. The van der Waals surface area contributed by atoms with E-state index in [1.54, 1.807) is 12.1 Å². The molecule has 4 nitrogen and oxygen atoms in total. The lowest BCUT2D eigenvalue weighted by Crippen LogP contribution is -2.30. The SMILES string of the molecule is Cc1ccccc1CCNC(=O)COC(=O)c1ccc(C2SCCS2)cc1. The zero-order valence-corrected chi connectivity index (χ0v) is 16.9. The fourth-order valence-corrected chi connectivity index (χ4v) is 5.68. The summed E-state index contributed by atoms with van der Waals surface area (Å²) in [4.78, 5) is 24.0. The predicted molar refractivity (Wildman–Crippen MR) is 112 cm³/mol. The van der Waals surface area contributed by atoms with Crippen molar-refractivity contribution in [2.75, 3.05) is 24.7 Å². The van der Waals surface area contributed by atoms with Crippen LogP contribution in [0.2, 0.25) is 0 Å². The number of thioether (sulfide) groups is 2. The fourth-order valence-electron chi connectivity index (χ4n) is 2.82. The lowest BCUT2D eigenvalue weighted by molar-refractivity contribution is -0.124. The fraction of sp³-hybridized carbons (Fsp3) is 0.333. The molecule has 0 aliphatic carbocycles. The zero-order chi connectivity index (χ0) is 19.1. The number of carbonyl (C=O) groups is 2. The smallest absolute Gasteiger partial charge is 0.338 e. The van der Waals surface area contributed by atoms with Crippen molar-refractivity contribution in [3.8, 4) is 0 Å². The molecule has 0 unspecified atom stereocenters. The molecular formula is C21H23NO3S2. The Bertz CT molecular complexity index is 786. The molecule has 1 heterocycles. The number of hydrogen-bond donors (Lipinski definition) is 1. The van der Waals surface area contributed by atoms with Crippen molar-refractivity contribution >= 4 is 35.4 Å². The van der Waals surface area contributed by atoms with Gasteiger partial charge in [-0.05, 0) is 42.2 Å². The summed E-state index contributed by atoms with van der Waals surface area (Å²) in [6, 6.07) is 15.6. The van der Waals surface area contributed by atoms with Gasteiger partial charge in [0.15, 0.2) is 6.61 Å². The Balaban J connectivity index is 1.40. The summed E-state index contributed by atoms with van der Waals surface area (Å²) in [7, 11) is 0. The van der Waals surface area contributed by atoms with Gasteiger partial charge in [-0.15, -0.1) is 23.5 Å². The Morgan fingerprint density at radius 2 is 1.78 bits per heavy atom. The van der Waals surface area contributed by atoms with Crippen molar-refractivity contribution in [3.05, 3.63) is 70.8 Å². The summed E-state index contributed by atoms with van der Waals surface area (Å²) >= 11 is 3.85. The van der Waals surface area contributed by atoms with E-state index in [1.807, 2.05) is 66.8 Å². The van der Waals surface area contributed by atoms with Crippen LogP contribution < -0.4 is 5.32 Å². The maximum atomic E-state index is 12.1. The van der Waals surface area contributed by atoms with E-state index in [2.05, 4.69) is 5.32 Å². The molecule has 1 aliphatic heterocycles. The average molecular weight is 402 g/mol. The highest BCUT2D eigenvalue weighted by Gasteiger charge is 2.18. The standard InChI is InChI=1S/C21H23NO3S2/c1-15-4-2-3-5-16(15)10-11-22-19(23)14-25-20(24)17-6-8-18(9-7-17)21-26-12-13-27-21/h2-9,21H,10-14H2,1H3,(H,22,23). The minimum Gasteiger partial charge on any atom is -0.452 e. The van der Waals surface area contributed by atoms with Crippen molar-refractivity contribution < 1.29 is 14.3 Å². The van der Waals surface area contributed by atoms with E-state index in [0.29, 0.717) is 16.7 Å². The topological polar surface area (TPSA) is 55.4 Å². The van der Waals surface area contributed by atoms with Gasteiger partial charge in [-0.1, -0.05) is 36.4 Å². The molecular weight excluding hydrogens is 378 g/mol. The molecule has 1 aliphatic rings. The Labute approximate surface area is 168 Å². The van der Waals surface area contributed by atoms with Crippen LogP contribution in [0.15, 0.2) is 48.5 Å². The Kier molecular flexibility index (Phi) is 7.24. The average Bonchev–Trinajstić information content (AvgIpc) is 3.22. The maximum Gasteiger partial charge on any atom is 0.338 e. The quantitative estimate of drug-likeness (QED) is 0.711. The lowest BCUT2D eigenvalue weighted by atomic mass is 10.1. The lowest BCUT2D eigenvalue weighted by Gasteiger charge is -2.10. The minimum atomic E-state index is -0.470. The van der Waals surface area contributed by atoms with Crippen LogP contribution in [0.25, 0.3) is 0 Å². The van der Waals surface area contributed by atoms with Crippen molar-refractivity contribution in [2.45, 2.75) is 17.9 Å². The van der Waals surface area contributed by atoms with Gasteiger partial charge in [0.25, 0.3) is 5.91 Å². The monoisotopic (exact) mass is 401 g/mol. The molecule has 2 aromatic rings. The minimum absolute atomic E-state index is 0.261. The van der Waals surface area contributed by atoms with Crippen LogP contribution in [0, 0.1) is 6.92 Å². The van der Waals surface area contributed by atoms with Crippen molar-refractivity contribution in [1.82, 2.24) is 5.32 Å². The van der Waals surface area contributed by atoms with Gasteiger partial charge in [0.1, 0.15) is 0 Å². The number of ether oxygens (including phenoxy) is 1. The Hall–Kier alpha value is -1.92. The van der Waals surface area contributed by atoms with Crippen LogP contribution in [-0.2, 0) is 16.0 Å². The van der Waals surface area contributed by atoms with Gasteiger partial charge in [-0.25, -0.2) is 4.79 Å². The second kappa shape index (κ2) is 9.85. The largest absolute Gasteiger partial charge is 0.452 e. The number of aryl methyl sites for hydroxylation is 1. The van der Waals surface area contributed by atoms with Crippen molar-refractivity contribution in [3.63, 3.8) is 0 Å². The summed E-state index contributed by atoms with van der Waals surface area (Å²) in [6.07, 6.45) is 0.755. The Morgan fingerprint density at radius 1 is 1.07 bits per heavy atom. The van der Waals surface area contributed by atoms with E-state index in [9.17, 15) is 9.59 Å². The van der Waals surface area contributed by atoms with E-state index in [-0.39, 0.29) is 12.5 Å². The molecule has 1 fully saturated rings. The number of amides is 1. The van der Waals surface area contributed by atoms with Gasteiger partial charge < -0.3 is 10.1 Å². The number of benzene rings is 2. The van der Waals surface area contributed by atoms with Gasteiger partial charge in [-0.2, -0.15) is 0 Å². The van der Waals surface area contributed by atoms with Crippen molar-refractivity contribution in [2.24, 2.45) is 0 Å². The van der Waals surface area contributed by atoms with E-state index in [4.69, 9.17) is 4.74 Å². The second-order valence-electron chi connectivity index (χ2n) is 6.30. The third-order valence-corrected chi connectivity index (χ3v) is 7.46. The third-order valence-electron chi connectivity index (χ3n) is 4.35. The number of hydrogen-bond acceptors (Lipinski definition) is 5.